The summed E-state index contributed by atoms with van der Waals surface area (Å²) in [5.41, 5.74) is 0. The summed E-state index contributed by atoms with van der Waals surface area (Å²) in [5, 5.41) is 0. The maximum atomic E-state index is 3.81. The van der Waals surface area contributed by atoms with Crippen LogP contribution in [0.3, 0.4) is 0 Å². The van der Waals surface area contributed by atoms with Crippen molar-refractivity contribution in [1.29, 1.82) is 0 Å². The highest BCUT2D eigenvalue weighted by Gasteiger charge is 2.53. The molecule has 0 aliphatic heterocycles. The molecule has 78 valence electrons. The summed E-state index contributed by atoms with van der Waals surface area (Å²) in [6.07, 6.45) is 8.91. The lowest BCUT2D eigenvalue weighted by atomic mass is 9.73. The van der Waals surface area contributed by atoms with Crippen LogP contribution >= 0.6 is 47.8 Å². The maximum Gasteiger partial charge on any atom is 0.0932 e. The molecular weight excluding hydrogens is 372 g/mol. The average Bonchev–Trinajstić information content (AvgIpc) is 2.66. The molecule has 0 heterocycles. The Hall–Kier alpha value is 1.18. The SMILES string of the molecule is BrC1CC2C3C=CC(C3)C2CC1(Br)Br. The van der Waals surface area contributed by atoms with E-state index in [9.17, 15) is 0 Å². The number of hydrogen-bond acceptors (Lipinski definition) is 0. The Morgan fingerprint density at radius 1 is 1.00 bits per heavy atom. The molecule has 0 nitrogen and oxygen atoms in total. The molecule has 3 heteroatoms. The molecule has 3 aliphatic rings. The summed E-state index contributed by atoms with van der Waals surface area (Å²) in [6, 6.07) is 0. The van der Waals surface area contributed by atoms with Crippen molar-refractivity contribution in [1.82, 2.24) is 0 Å². The zero-order valence-corrected chi connectivity index (χ0v) is 12.6. The zero-order chi connectivity index (χ0) is 9.92. The van der Waals surface area contributed by atoms with Crippen LogP contribution in [0.1, 0.15) is 19.3 Å². The van der Waals surface area contributed by atoms with Crippen LogP contribution < -0.4 is 0 Å². The minimum Gasteiger partial charge on any atom is -0.0866 e. The minimum absolute atomic E-state index is 0.138. The molecule has 0 N–H and O–H groups in total. The first-order valence-electron chi connectivity index (χ1n) is 5.28. The van der Waals surface area contributed by atoms with Gasteiger partial charge < -0.3 is 0 Å². The standard InChI is InChI=1S/C11H13Br3/c12-10-4-8-6-1-2-7(3-6)9(8)5-11(10,13)14/h1-2,6-10H,3-5H2. The van der Waals surface area contributed by atoms with Gasteiger partial charge in [-0.25, -0.2) is 0 Å². The second-order valence-corrected chi connectivity index (χ2v) is 9.94. The third-order valence-corrected chi connectivity index (χ3v) is 8.38. The number of fused-ring (bicyclic) bond motifs is 5. The monoisotopic (exact) mass is 382 g/mol. The van der Waals surface area contributed by atoms with Gasteiger partial charge in [0.2, 0.25) is 0 Å². The van der Waals surface area contributed by atoms with Crippen LogP contribution in [0.25, 0.3) is 0 Å². The van der Waals surface area contributed by atoms with Crippen LogP contribution in [-0.4, -0.2) is 8.06 Å². The molecule has 0 radical (unpaired) electrons. The van der Waals surface area contributed by atoms with Crippen molar-refractivity contribution < 1.29 is 0 Å². The minimum atomic E-state index is 0.138. The maximum absolute atomic E-state index is 3.81. The van der Waals surface area contributed by atoms with Crippen molar-refractivity contribution in [3.63, 3.8) is 0 Å². The highest BCUT2D eigenvalue weighted by Crippen LogP contribution is 2.60. The number of allylic oxidation sites excluding steroid dienone is 2. The molecule has 0 aromatic rings. The molecule has 14 heavy (non-hydrogen) atoms. The average molecular weight is 385 g/mol. The van der Waals surface area contributed by atoms with E-state index < -0.39 is 0 Å². The molecule has 0 amide bonds. The van der Waals surface area contributed by atoms with Crippen LogP contribution in [0.2, 0.25) is 0 Å². The van der Waals surface area contributed by atoms with E-state index >= 15 is 0 Å². The smallest absolute Gasteiger partial charge is 0.0866 e. The summed E-state index contributed by atoms with van der Waals surface area (Å²) >= 11 is 11.4. The molecule has 5 atom stereocenters. The van der Waals surface area contributed by atoms with Crippen LogP contribution in [-0.2, 0) is 0 Å². The molecule has 0 spiro atoms. The van der Waals surface area contributed by atoms with Gasteiger partial charge in [-0.2, -0.15) is 0 Å². The van der Waals surface area contributed by atoms with E-state index in [1.54, 1.807) is 0 Å². The molecule has 0 saturated heterocycles. The van der Waals surface area contributed by atoms with Gasteiger partial charge in [-0.1, -0.05) is 59.9 Å². The van der Waals surface area contributed by atoms with Crippen molar-refractivity contribution in [2.45, 2.75) is 27.3 Å². The topological polar surface area (TPSA) is 0 Å². The van der Waals surface area contributed by atoms with Crippen molar-refractivity contribution >= 4 is 47.8 Å². The van der Waals surface area contributed by atoms with E-state index in [-0.39, 0.29) is 3.23 Å². The number of alkyl halides is 3. The summed E-state index contributed by atoms with van der Waals surface area (Å²) in [7, 11) is 0. The predicted octanol–water partition coefficient (Wildman–Crippen LogP) is 4.47. The molecule has 2 bridgehead atoms. The van der Waals surface area contributed by atoms with Gasteiger partial charge in [0.1, 0.15) is 0 Å². The Morgan fingerprint density at radius 2 is 1.64 bits per heavy atom. The second kappa shape index (κ2) is 3.33. The molecule has 5 unspecified atom stereocenters. The van der Waals surface area contributed by atoms with Gasteiger partial charge >= 0.3 is 0 Å². The fraction of sp³-hybridized carbons (Fsp3) is 0.818. The molecule has 3 rings (SSSR count). The highest BCUT2D eigenvalue weighted by molar-refractivity contribution is 9.26. The third kappa shape index (κ3) is 1.41. The first-order chi connectivity index (χ1) is 6.58. The lowest BCUT2D eigenvalue weighted by molar-refractivity contribution is 0.228. The Morgan fingerprint density at radius 3 is 2.36 bits per heavy atom. The normalized spacial score (nSPS) is 53.5. The van der Waals surface area contributed by atoms with E-state index in [4.69, 9.17) is 0 Å². The van der Waals surface area contributed by atoms with Crippen molar-refractivity contribution in [3.05, 3.63) is 12.2 Å². The van der Waals surface area contributed by atoms with Crippen LogP contribution in [0.4, 0.5) is 0 Å². The van der Waals surface area contributed by atoms with E-state index in [0.29, 0.717) is 4.83 Å². The third-order valence-electron chi connectivity index (χ3n) is 4.24. The highest BCUT2D eigenvalue weighted by atomic mass is 79.9. The van der Waals surface area contributed by atoms with E-state index in [1.165, 1.54) is 19.3 Å². The summed E-state index contributed by atoms with van der Waals surface area (Å²) in [5.74, 6) is 3.62. The molecule has 2 fully saturated rings. The first kappa shape index (κ1) is 10.3. The first-order valence-corrected chi connectivity index (χ1v) is 7.78. The van der Waals surface area contributed by atoms with Gasteiger partial charge in [0, 0.05) is 4.83 Å². The summed E-state index contributed by atoms with van der Waals surface area (Å²) in [4.78, 5) is 0.573. The van der Waals surface area contributed by atoms with Gasteiger partial charge in [-0.05, 0) is 42.9 Å². The molecule has 0 aromatic carbocycles. The molecule has 3 aliphatic carbocycles. The van der Waals surface area contributed by atoms with Crippen molar-refractivity contribution in [3.8, 4) is 0 Å². The van der Waals surface area contributed by atoms with E-state index in [1.807, 2.05) is 0 Å². The Kier molecular flexibility index (Phi) is 2.46. The lowest BCUT2D eigenvalue weighted by Gasteiger charge is -2.42. The van der Waals surface area contributed by atoms with Crippen molar-refractivity contribution in [2.75, 3.05) is 0 Å². The van der Waals surface area contributed by atoms with Gasteiger partial charge in [0.25, 0.3) is 0 Å². The van der Waals surface area contributed by atoms with Crippen molar-refractivity contribution in [2.24, 2.45) is 23.7 Å². The second-order valence-electron chi connectivity index (χ2n) is 4.94. The predicted molar refractivity (Wildman–Crippen MR) is 70.3 cm³/mol. The summed E-state index contributed by atoms with van der Waals surface area (Å²) < 4.78 is 0.138. The Labute approximate surface area is 110 Å². The van der Waals surface area contributed by atoms with E-state index in [0.717, 1.165) is 23.7 Å². The van der Waals surface area contributed by atoms with E-state index in [2.05, 4.69) is 59.9 Å². The molecular formula is C11H13Br3. The van der Waals surface area contributed by atoms with Gasteiger partial charge in [-0.3, -0.25) is 0 Å². The van der Waals surface area contributed by atoms with Crippen LogP contribution in [0.15, 0.2) is 12.2 Å². The largest absolute Gasteiger partial charge is 0.0932 e. The fourth-order valence-electron chi connectivity index (χ4n) is 3.53. The fourth-order valence-corrected chi connectivity index (χ4v) is 5.27. The zero-order valence-electron chi connectivity index (χ0n) is 7.80. The summed E-state index contributed by atoms with van der Waals surface area (Å²) in [6.45, 7) is 0. The molecule has 2 saturated carbocycles. The lowest BCUT2D eigenvalue weighted by Crippen LogP contribution is -2.40. The molecule has 0 aromatic heterocycles. The van der Waals surface area contributed by atoms with Gasteiger partial charge in [0.05, 0.1) is 3.23 Å². The number of rotatable bonds is 0. The van der Waals surface area contributed by atoms with Gasteiger partial charge in [-0.15, -0.1) is 0 Å². The van der Waals surface area contributed by atoms with Crippen LogP contribution in [0.5, 0.6) is 0 Å². The van der Waals surface area contributed by atoms with Gasteiger partial charge in [0.15, 0.2) is 0 Å². The quantitative estimate of drug-likeness (QED) is 0.427. The van der Waals surface area contributed by atoms with Crippen LogP contribution in [0, 0.1) is 23.7 Å². The Bertz CT molecular complexity index is 284. The Balaban J connectivity index is 1.88. The number of halogens is 3. The number of hydrogen-bond donors (Lipinski definition) is 0.